The lowest BCUT2D eigenvalue weighted by Gasteiger charge is -2.11. The third-order valence-electron chi connectivity index (χ3n) is 2.84. The first kappa shape index (κ1) is 13.2. The van der Waals surface area contributed by atoms with E-state index in [0.29, 0.717) is 23.2 Å². The van der Waals surface area contributed by atoms with Gasteiger partial charge in [0, 0.05) is 11.6 Å². The van der Waals surface area contributed by atoms with Crippen LogP contribution in [0.3, 0.4) is 0 Å². The van der Waals surface area contributed by atoms with Crippen molar-refractivity contribution in [2.24, 2.45) is 5.92 Å². The van der Waals surface area contributed by atoms with E-state index in [1.54, 1.807) is 24.3 Å². The minimum absolute atomic E-state index is 0.0717. The maximum absolute atomic E-state index is 11.5. The van der Waals surface area contributed by atoms with Gasteiger partial charge in [-0.2, -0.15) is 0 Å². The molecule has 0 saturated heterocycles. The topological polar surface area (TPSA) is 58.6 Å². The molecule has 1 unspecified atom stereocenters. The van der Waals surface area contributed by atoms with Crippen LogP contribution in [-0.4, -0.2) is 30.3 Å². The van der Waals surface area contributed by atoms with Crippen LogP contribution in [0.2, 0.25) is 5.02 Å². The molecule has 0 spiro atoms. The van der Waals surface area contributed by atoms with E-state index in [1.807, 2.05) is 0 Å². The first-order valence-corrected chi connectivity index (χ1v) is 6.36. The van der Waals surface area contributed by atoms with Gasteiger partial charge in [0.25, 0.3) is 5.91 Å². The Hall–Kier alpha value is -1.26. The number of rotatable bonds is 6. The third-order valence-corrected chi connectivity index (χ3v) is 3.08. The number of hydrogen-bond donors (Lipinski definition) is 2. The summed E-state index contributed by atoms with van der Waals surface area (Å²) in [6.45, 7) is 0.222. The molecule has 0 aromatic heterocycles. The molecule has 0 heterocycles. The molecule has 1 aliphatic rings. The molecular weight excluding hydrogens is 254 g/mol. The zero-order valence-electron chi connectivity index (χ0n) is 9.93. The van der Waals surface area contributed by atoms with Crippen molar-refractivity contribution in [2.75, 3.05) is 13.2 Å². The molecule has 1 amide bonds. The second-order valence-electron chi connectivity index (χ2n) is 4.45. The van der Waals surface area contributed by atoms with Crippen molar-refractivity contribution in [3.63, 3.8) is 0 Å². The van der Waals surface area contributed by atoms with Gasteiger partial charge in [0.05, 0.1) is 6.10 Å². The number of benzene rings is 1. The van der Waals surface area contributed by atoms with Crippen LogP contribution in [0.25, 0.3) is 0 Å². The Kier molecular flexibility index (Phi) is 4.44. The first-order valence-electron chi connectivity index (χ1n) is 5.98. The molecule has 1 atom stereocenters. The number of halogens is 1. The van der Waals surface area contributed by atoms with E-state index in [-0.39, 0.29) is 12.5 Å². The fraction of sp³-hybridized carbons (Fsp3) is 0.462. The summed E-state index contributed by atoms with van der Waals surface area (Å²) in [7, 11) is 0. The molecule has 18 heavy (non-hydrogen) atoms. The number of nitrogens with one attached hydrogen (secondary N) is 1. The molecule has 2 N–H and O–H groups in total. The van der Waals surface area contributed by atoms with Crippen LogP contribution in [0, 0.1) is 5.92 Å². The molecule has 1 aromatic rings. The molecule has 1 aliphatic carbocycles. The minimum Gasteiger partial charge on any atom is -0.484 e. The van der Waals surface area contributed by atoms with Crippen molar-refractivity contribution < 1.29 is 14.6 Å². The van der Waals surface area contributed by atoms with Crippen molar-refractivity contribution >= 4 is 17.5 Å². The maximum atomic E-state index is 11.5. The summed E-state index contributed by atoms with van der Waals surface area (Å²) in [6.07, 6.45) is 1.67. The fourth-order valence-electron chi connectivity index (χ4n) is 1.62. The van der Waals surface area contributed by atoms with Crippen LogP contribution in [0.4, 0.5) is 0 Å². The average molecular weight is 270 g/mol. The van der Waals surface area contributed by atoms with Crippen LogP contribution in [0.1, 0.15) is 12.8 Å². The van der Waals surface area contributed by atoms with Gasteiger partial charge in [-0.15, -0.1) is 0 Å². The fourth-order valence-corrected chi connectivity index (χ4v) is 1.80. The van der Waals surface area contributed by atoms with E-state index in [4.69, 9.17) is 16.3 Å². The lowest BCUT2D eigenvalue weighted by molar-refractivity contribution is -0.123. The number of amides is 1. The third kappa shape index (κ3) is 4.20. The quantitative estimate of drug-likeness (QED) is 0.825. The zero-order chi connectivity index (χ0) is 13.0. The Morgan fingerprint density at radius 1 is 1.56 bits per heavy atom. The lowest BCUT2D eigenvalue weighted by atomic mass is 10.2. The highest BCUT2D eigenvalue weighted by atomic mass is 35.5. The maximum Gasteiger partial charge on any atom is 0.258 e. The molecule has 1 fully saturated rings. The largest absolute Gasteiger partial charge is 0.484 e. The van der Waals surface area contributed by atoms with E-state index in [0.717, 1.165) is 12.8 Å². The van der Waals surface area contributed by atoms with Crippen LogP contribution in [0.15, 0.2) is 24.3 Å². The standard InChI is InChI=1S/C13H16ClNO3/c14-10-2-1-3-11(6-10)18-8-13(17)15-7-12(16)9-4-5-9/h1-3,6,9,12,16H,4-5,7-8H2,(H,15,17). The molecule has 0 bridgehead atoms. The number of ether oxygens (including phenoxy) is 1. The Balaban J connectivity index is 1.67. The van der Waals surface area contributed by atoms with E-state index in [2.05, 4.69) is 5.32 Å². The second kappa shape index (κ2) is 6.07. The first-order chi connectivity index (χ1) is 8.65. The van der Waals surface area contributed by atoms with Gasteiger partial charge in [0.15, 0.2) is 6.61 Å². The second-order valence-corrected chi connectivity index (χ2v) is 4.89. The summed E-state index contributed by atoms with van der Waals surface area (Å²) < 4.78 is 5.28. The minimum atomic E-state index is -0.430. The molecule has 5 heteroatoms. The van der Waals surface area contributed by atoms with Gasteiger partial charge in [0.2, 0.25) is 0 Å². The van der Waals surface area contributed by atoms with E-state index in [9.17, 15) is 9.90 Å². The van der Waals surface area contributed by atoms with Crippen LogP contribution in [0.5, 0.6) is 5.75 Å². The molecule has 0 aliphatic heterocycles. The highest BCUT2D eigenvalue weighted by molar-refractivity contribution is 6.30. The summed E-state index contributed by atoms with van der Waals surface area (Å²) in [5.41, 5.74) is 0. The smallest absolute Gasteiger partial charge is 0.258 e. The predicted molar refractivity (Wildman–Crippen MR) is 68.7 cm³/mol. The summed E-state index contributed by atoms with van der Waals surface area (Å²) >= 11 is 5.79. The highest BCUT2D eigenvalue weighted by Gasteiger charge is 2.29. The van der Waals surface area contributed by atoms with Crippen molar-refractivity contribution in [3.8, 4) is 5.75 Å². The van der Waals surface area contributed by atoms with Crippen LogP contribution < -0.4 is 10.1 Å². The molecule has 4 nitrogen and oxygen atoms in total. The molecular formula is C13H16ClNO3. The normalized spacial score (nSPS) is 16.1. The number of carbonyl (C=O) groups excluding carboxylic acids is 1. The van der Waals surface area contributed by atoms with Gasteiger partial charge < -0.3 is 15.2 Å². The Morgan fingerprint density at radius 3 is 3.00 bits per heavy atom. The van der Waals surface area contributed by atoms with Gasteiger partial charge >= 0.3 is 0 Å². The summed E-state index contributed by atoms with van der Waals surface area (Å²) in [5.74, 6) is 0.675. The Bertz CT molecular complexity index is 420. The summed E-state index contributed by atoms with van der Waals surface area (Å²) in [6, 6.07) is 6.87. The summed E-state index contributed by atoms with van der Waals surface area (Å²) in [5, 5.41) is 12.8. The molecule has 0 radical (unpaired) electrons. The van der Waals surface area contributed by atoms with Crippen molar-refractivity contribution in [1.29, 1.82) is 0 Å². The zero-order valence-corrected chi connectivity index (χ0v) is 10.7. The van der Waals surface area contributed by atoms with Gasteiger partial charge in [-0.3, -0.25) is 4.79 Å². The van der Waals surface area contributed by atoms with Gasteiger partial charge in [-0.05, 0) is 37.0 Å². The number of aliphatic hydroxyl groups excluding tert-OH is 1. The van der Waals surface area contributed by atoms with Crippen LogP contribution in [-0.2, 0) is 4.79 Å². The van der Waals surface area contributed by atoms with Gasteiger partial charge in [-0.25, -0.2) is 0 Å². The highest BCUT2D eigenvalue weighted by Crippen LogP contribution is 2.32. The Morgan fingerprint density at radius 2 is 2.33 bits per heavy atom. The number of carbonyl (C=O) groups is 1. The van der Waals surface area contributed by atoms with Gasteiger partial charge in [0.1, 0.15) is 5.75 Å². The SMILES string of the molecule is O=C(COc1cccc(Cl)c1)NCC(O)C1CC1. The molecule has 98 valence electrons. The summed E-state index contributed by atoms with van der Waals surface area (Å²) in [4.78, 5) is 11.5. The predicted octanol–water partition coefficient (Wildman–Crippen LogP) is 1.61. The molecule has 1 saturated carbocycles. The number of hydrogen-bond acceptors (Lipinski definition) is 3. The molecule has 2 rings (SSSR count). The van der Waals surface area contributed by atoms with Crippen molar-refractivity contribution in [2.45, 2.75) is 18.9 Å². The van der Waals surface area contributed by atoms with E-state index >= 15 is 0 Å². The average Bonchev–Trinajstić information content (AvgIpc) is 3.17. The molecule has 1 aromatic carbocycles. The van der Waals surface area contributed by atoms with E-state index in [1.165, 1.54) is 0 Å². The van der Waals surface area contributed by atoms with E-state index < -0.39 is 6.10 Å². The van der Waals surface area contributed by atoms with Crippen molar-refractivity contribution in [3.05, 3.63) is 29.3 Å². The monoisotopic (exact) mass is 269 g/mol. The van der Waals surface area contributed by atoms with Crippen molar-refractivity contribution in [1.82, 2.24) is 5.32 Å². The van der Waals surface area contributed by atoms with Crippen LogP contribution >= 0.6 is 11.6 Å². The van der Waals surface area contributed by atoms with Gasteiger partial charge in [-0.1, -0.05) is 17.7 Å². The lowest BCUT2D eigenvalue weighted by Crippen LogP contribution is -2.36. The number of aliphatic hydroxyl groups is 1. The Labute approximate surface area is 111 Å².